The Morgan fingerprint density at radius 3 is 2.69 bits per heavy atom. The molecule has 3 aromatic carbocycles. The van der Waals surface area contributed by atoms with Crippen LogP contribution in [0.5, 0.6) is 5.75 Å². The number of fused-ring (bicyclic) bond motifs is 1. The predicted molar refractivity (Wildman–Crippen MR) is 119 cm³/mol. The molecule has 0 aliphatic rings. The summed E-state index contributed by atoms with van der Waals surface area (Å²) < 4.78 is 13.5. The van der Waals surface area contributed by atoms with Gasteiger partial charge in [-0.2, -0.15) is 0 Å². The zero-order valence-corrected chi connectivity index (χ0v) is 17.0. The van der Waals surface area contributed by atoms with Crippen LogP contribution in [-0.4, -0.2) is 27.3 Å². The van der Waals surface area contributed by atoms with Crippen LogP contribution in [0.4, 0.5) is 15.9 Å². The van der Waals surface area contributed by atoms with Crippen LogP contribution in [0, 0.1) is 5.82 Å². The number of phenolic OH excluding ortho intramolecular Hbond substituents is 1. The standard InChI is InChI=1S/C24H19FN4O3/c1-14(28-23-19-7-3-5-17(12-30)22(19)26-13-27-23)15-4-2-6-18(10-15)29-24(32)16-8-9-21(31)20(25)11-16/h2-14,31H,1H3,(H,29,32)(H,26,27,28). The summed E-state index contributed by atoms with van der Waals surface area (Å²) >= 11 is 0. The number of amides is 1. The lowest BCUT2D eigenvalue weighted by Crippen LogP contribution is -2.13. The topological polar surface area (TPSA) is 104 Å². The Bertz CT molecular complexity index is 1330. The maximum absolute atomic E-state index is 13.5. The van der Waals surface area contributed by atoms with Crippen molar-refractivity contribution in [2.45, 2.75) is 13.0 Å². The Labute approximate surface area is 183 Å². The molecule has 1 atom stereocenters. The van der Waals surface area contributed by atoms with Gasteiger partial charge in [0.25, 0.3) is 5.91 Å². The number of nitrogens with zero attached hydrogens (tertiary/aromatic N) is 2. The number of hydrogen-bond donors (Lipinski definition) is 3. The fourth-order valence-electron chi connectivity index (χ4n) is 3.35. The number of anilines is 2. The summed E-state index contributed by atoms with van der Waals surface area (Å²) in [6.07, 6.45) is 2.16. The summed E-state index contributed by atoms with van der Waals surface area (Å²) in [7, 11) is 0. The van der Waals surface area contributed by atoms with Gasteiger partial charge in [-0.15, -0.1) is 0 Å². The molecular weight excluding hydrogens is 411 g/mol. The van der Waals surface area contributed by atoms with Crippen molar-refractivity contribution in [3.63, 3.8) is 0 Å². The van der Waals surface area contributed by atoms with Crippen LogP contribution in [0.3, 0.4) is 0 Å². The van der Waals surface area contributed by atoms with Gasteiger partial charge in [0.1, 0.15) is 12.1 Å². The number of aromatic hydroxyl groups is 1. The van der Waals surface area contributed by atoms with Crippen molar-refractivity contribution in [2.24, 2.45) is 0 Å². The van der Waals surface area contributed by atoms with Gasteiger partial charge in [0.15, 0.2) is 17.9 Å². The minimum absolute atomic E-state index is 0.0929. The van der Waals surface area contributed by atoms with Crippen molar-refractivity contribution in [1.82, 2.24) is 9.97 Å². The Kier molecular flexibility index (Phi) is 5.76. The van der Waals surface area contributed by atoms with E-state index in [1.165, 1.54) is 12.4 Å². The first-order valence-electron chi connectivity index (χ1n) is 9.81. The summed E-state index contributed by atoms with van der Waals surface area (Å²) in [6, 6.07) is 15.8. The fraction of sp³-hybridized carbons (Fsp3) is 0.0833. The highest BCUT2D eigenvalue weighted by Gasteiger charge is 2.13. The minimum Gasteiger partial charge on any atom is -0.505 e. The zero-order chi connectivity index (χ0) is 22.7. The molecule has 0 saturated carbocycles. The second-order valence-corrected chi connectivity index (χ2v) is 7.20. The monoisotopic (exact) mass is 430 g/mol. The Hall–Kier alpha value is -4.33. The summed E-state index contributed by atoms with van der Waals surface area (Å²) in [5, 5.41) is 16.1. The van der Waals surface area contributed by atoms with E-state index in [2.05, 4.69) is 20.6 Å². The van der Waals surface area contributed by atoms with E-state index >= 15 is 0 Å². The van der Waals surface area contributed by atoms with Gasteiger partial charge in [-0.3, -0.25) is 9.59 Å². The van der Waals surface area contributed by atoms with E-state index < -0.39 is 17.5 Å². The van der Waals surface area contributed by atoms with Crippen LogP contribution in [0.25, 0.3) is 10.9 Å². The number of halogens is 1. The third kappa shape index (κ3) is 4.24. The number of benzene rings is 3. The highest BCUT2D eigenvalue weighted by atomic mass is 19.1. The number of rotatable bonds is 6. The molecule has 4 aromatic rings. The Balaban J connectivity index is 1.54. The Morgan fingerprint density at radius 2 is 1.91 bits per heavy atom. The maximum atomic E-state index is 13.5. The van der Waals surface area contributed by atoms with Crippen LogP contribution < -0.4 is 10.6 Å². The molecule has 7 nitrogen and oxygen atoms in total. The highest BCUT2D eigenvalue weighted by molar-refractivity contribution is 6.04. The molecule has 1 aromatic heterocycles. The number of phenols is 1. The molecule has 0 spiro atoms. The molecule has 0 bridgehead atoms. The van der Waals surface area contributed by atoms with E-state index in [0.29, 0.717) is 22.6 Å². The third-order valence-electron chi connectivity index (χ3n) is 5.03. The van der Waals surface area contributed by atoms with E-state index in [1.54, 1.807) is 30.3 Å². The molecule has 0 saturated heterocycles. The maximum Gasteiger partial charge on any atom is 0.255 e. The molecule has 4 rings (SSSR count). The Morgan fingerprint density at radius 1 is 1.09 bits per heavy atom. The second kappa shape index (κ2) is 8.81. The first-order chi connectivity index (χ1) is 15.5. The van der Waals surface area contributed by atoms with Crippen LogP contribution in [0.2, 0.25) is 0 Å². The van der Waals surface area contributed by atoms with Crippen molar-refractivity contribution in [3.05, 3.63) is 89.5 Å². The van der Waals surface area contributed by atoms with Crippen LogP contribution in [-0.2, 0) is 0 Å². The number of para-hydroxylation sites is 1. The van der Waals surface area contributed by atoms with Crippen molar-refractivity contribution in [1.29, 1.82) is 0 Å². The fourth-order valence-corrected chi connectivity index (χ4v) is 3.35. The van der Waals surface area contributed by atoms with Crippen molar-refractivity contribution in [3.8, 4) is 5.75 Å². The molecule has 1 amide bonds. The molecule has 3 N–H and O–H groups in total. The van der Waals surface area contributed by atoms with Gasteiger partial charge in [-0.05, 0) is 55.0 Å². The lowest BCUT2D eigenvalue weighted by Gasteiger charge is -2.17. The summed E-state index contributed by atoms with van der Waals surface area (Å²) in [5.41, 5.74) is 2.55. The molecule has 0 aliphatic heterocycles. The summed E-state index contributed by atoms with van der Waals surface area (Å²) in [6.45, 7) is 1.94. The molecule has 0 radical (unpaired) electrons. The molecule has 1 heterocycles. The number of carbonyl (C=O) groups excluding carboxylic acids is 2. The quantitative estimate of drug-likeness (QED) is 0.383. The minimum atomic E-state index is -0.862. The molecule has 32 heavy (non-hydrogen) atoms. The van der Waals surface area contributed by atoms with Crippen LogP contribution >= 0.6 is 0 Å². The second-order valence-electron chi connectivity index (χ2n) is 7.20. The normalized spacial score (nSPS) is 11.7. The lowest BCUT2D eigenvalue weighted by molar-refractivity contribution is 0.102. The lowest BCUT2D eigenvalue weighted by atomic mass is 10.1. The SMILES string of the molecule is CC(Nc1ncnc2c(C=O)cccc12)c1cccc(NC(=O)c2ccc(O)c(F)c2)c1. The van der Waals surface area contributed by atoms with Crippen molar-refractivity contribution < 1.29 is 19.1 Å². The number of nitrogens with one attached hydrogen (secondary N) is 2. The summed E-state index contributed by atoms with van der Waals surface area (Å²) in [4.78, 5) is 32.2. The van der Waals surface area contributed by atoms with Crippen molar-refractivity contribution in [2.75, 3.05) is 10.6 Å². The molecule has 0 fully saturated rings. The number of aromatic nitrogens is 2. The first kappa shape index (κ1) is 20.9. The molecule has 160 valence electrons. The zero-order valence-electron chi connectivity index (χ0n) is 17.0. The van der Waals surface area contributed by atoms with E-state index in [4.69, 9.17) is 0 Å². The third-order valence-corrected chi connectivity index (χ3v) is 5.03. The number of aldehydes is 1. The smallest absolute Gasteiger partial charge is 0.255 e. The van der Waals surface area contributed by atoms with Crippen molar-refractivity contribution >= 4 is 34.6 Å². The molecule has 1 unspecified atom stereocenters. The number of hydrogen-bond acceptors (Lipinski definition) is 6. The van der Waals surface area contributed by atoms with Gasteiger partial charge in [-0.1, -0.05) is 18.2 Å². The van der Waals surface area contributed by atoms with Crippen LogP contribution in [0.1, 0.15) is 39.2 Å². The molecule has 0 aliphatic carbocycles. The van der Waals surface area contributed by atoms with Gasteiger partial charge in [0.2, 0.25) is 0 Å². The largest absolute Gasteiger partial charge is 0.505 e. The van der Waals surface area contributed by atoms with E-state index in [0.717, 1.165) is 29.4 Å². The van der Waals surface area contributed by atoms with E-state index in [-0.39, 0.29) is 11.6 Å². The van der Waals surface area contributed by atoms with Crippen LogP contribution in [0.15, 0.2) is 67.0 Å². The van der Waals surface area contributed by atoms with Gasteiger partial charge in [0, 0.05) is 22.2 Å². The van der Waals surface area contributed by atoms with Gasteiger partial charge < -0.3 is 15.7 Å². The molecular formula is C24H19FN4O3. The first-order valence-corrected chi connectivity index (χ1v) is 9.81. The van der Waals surface area contributed by atoms with Gasteiger partial charge in [0.05, 0.1) is 11.6 Å². The van der Waals surface area contributed by atoms with E-state index in [9.17, 15) is 19.1 Å². The number of carbonyl (C=O) groups is 2. The van der Waals surface area contributed by atoms with Gasteiger partial charge in [-0.25, -0.2) is 14.4 Å². The molecule has 8 heteroatoms. The van der Waals surface area contributed by atoms with E-state index in [1.807, 2.05) is 19.1 Å². The summed E-state index contributed by atoms with van der Waals surface area (Å²) in [5.74, 6) is -1.29. The van der Waals surface area contributed by atoms with Gasteiger partial charge >= 0.3 is 0 Å². The predicted octanol–water partition coefficient (Wildman–Crippen LogP) is 4.71. The average molecular weight is 430 g/mol. The highest BCUT2D eigenvalue weighted by Crippen LogP contribution is 2.26. The average Bonchev–Trinajstić information content (AvgIpc) is 2.80.